The summed E-state index contributed by atoms with van der Waals surface area (Å²) >= 11 is 0. The molecule has 8 heteroatoms. The number of halogens is 1. The lowest BCUT2D eigenvalue weighted by Crippen LogP contribution is -2.40. The molecule has 0 saturated carbocycles. The molecule has 2 aromatic rings. The Balaban J connectivity index is 1.50. The Morgan fingerprint density at radius 3 is 2.88 bits per heavy atom. The number of anilines is 1. The topological polar surface area (TPSA) is 83.3 Å². The second-order valence-corrected chi connectivity index (χ2v) is 6.16. The molecule has 1 aromatic heterocycles. The zero-order chi connectivity index (χ0) is 17.8. The van der Waals surface area contributed by atoms with Gasteiger partial charge in [0.25, 0.3) is 0 Å². The van der Waals surface area contributed by atoms with Gasteiger partial charge < -0.3 is 15.2 Å². The molecule has 3 rings (SSSR count). The van der Waals surface area contributed by atoms with Crippen LogP contribution in [0.1, 0.15) is 38.0 Å². The lowest BCUT2D eigenvalue weighted by atomic mass is 10.2. The summed E-state index contributed by atoms with van der Waals surface area (Å²) in [5, 5.41) is 9.58. The van der Waals surface area contributed by atoms with E-state index in [0.29, 0.717) is 23.9 Å². The first-order valence-corrected chi connectivity index (χ1v) is 8.44. The fraction of sp³-hybridized carbons (Fsp3) is 0.471. The molecule has 1 aromatic carbocycles. The number of likely N-dealkylation sites (tertiary alicyclic amines) is 1. The zero-order valence-electron chi connectivity index (χ0n) is 14.3. The summed E-state index contributed by atoms with van der Waals surface area (Å²) in [5.74, 6) is 0.973. The van der Waals surface area contributed by atoms with Crippen LogP contribution < -0.4 is 10.6 Å². The first-order valence-electron chi connectivity index (χ1n) is 8.44. The molecule has 134 valence electrons. The first-order chi connectivity index (χ1) is 12.0. The molecule has 1 aliphatic heterocycles. The van der Waals surface area contributed by atoms with Crippen molar-refractivity contribution in [2.24, 2.45) is 0 Å². The van der Waals surface area contributed by atoms with Crippen molar-refractivity contribution in [3.05, 3.63) is 41.8 Å². The second kappa shape index (κ2) is 7.60. The number of aromatic nitrogens is 2. The molecule has 0 bridgehead atoms. The smallest absolute Gasteiger partial charge is 0.319 e. The summed E-state index contributed by atoms with van der Waals surface area (Å²) in [4.78, 5) is 18.6. The standard InChI is InChI=1S/C17H22FN5O2/c1-3-15-21-16(25-22-15)11(2)23-9-8-14(10-23)20-17(24)19-13-6-4-12(18)5-7-13/h4-7,11,14H,3,8-10H2,1-2H3,(H2,19,20,24)/t11-,14-/m1/s1. The Morgan fingerprint density at radius 1 is 1.44 bits per heavy atom. The highest BCUT2D eigenvalue weighted by molar-refractivity contribution is 5.89. The molecule has 2 heterocycles. The van der Waals surface area contributed by atoms with Gasteiger partial charge in [-0.1, -0.05) is 12.1 Å². The van der Waals surface area contributed by atoms with Gasteiger partial charge in [-0.25, -0.2) is 9.18 Å². The highest BCUT2D eigenvalue weighted by atomic mass is 19.1. The van der Waals surface area contributed by atoms with Gasteiger partial charge >= 0.3 is 6.03 Å². The Bertz CT molecular complexity index is 718. The molecule has 1 aliphatic rings. The number of hydrogen-bond donors (Lipinski definition) is 2. The van der Waals surface area contributed by atoms with E-state index in [0.717, 1.165) is 19.4 Å². The van der Waals surface area contributed by atoms with Gasteiger partial charge in [0, 0.05) is 31.2 Å². The van der Waals surface area contributed by atoms with Crippen LogP contribution in [0.25, 0.3) is 0 Å². The van der Waals surface area contributed by atoms with Crippen LogP contribution >= 0.6 is 0 Å². The molecule has 0 radical (unpaired) electrons. The molecular formula is C17H22FN5O2. The SMILES string of the molecule is CCc1noc([C@@H](C)N2CC[C@@H](NC(=O)Nc3ccc(F)cc3)C2)n1. The van der Waals surface area contributed by atoms with E-state index < -0.39 is 0 Å². The van der Waals surface area contributed by atoms with Gasteiger partial charge in [0.2, 0.25) is 5.89 Å². The number of hydrogen-bond acceptors (Lipinski definition) is 5. The minimum atomic E-state index is -0.335. The highest BCUT2D eigenvalue weighted by Crippen LogP contribution is 2.23. The summed E-state index contributed by atoms with van der Waals surface area (Å²) in [6, 6.07) is 5.43. The maximum Gasteiger partial charge on any atom is 0.319 e. The van der Waals surface area contributed by atoms with Crippen molar-refractivity contribution in [1.82, 2.24) is 20.4 Å². The van der Waals surface area contributed by atoms with E-state index in [4.69, 9.17) is 4.52 Å². The third-order valence-corrected chi connectivity index (χ3v) is 4.36. The molecule has 2 atom stereocenters. The summed E-state index contributed by atoms with van der Waals surface area (Å²) in [7, 11) is 0. The molecular weight excluding hydrogens is 325 g/mol. The number of benzene rings is 1. The Morgan fingerprint density at radius 2 is 2.20 bits per heavy atom. The molecule has 0 unspecified atom stereocenters. The maximum absolute atomic E-state index is 12.9. The predicted octanol–water partition coefficient (Wildman–Crippen LogP) is 2.73. The average Bonchev–Trinajstić information content (AvgIpc) is 3.25. The van der Waals surface area contributed by atoms with Crippen LogP contribution in [-0.4, -0.2) is 40.2 Å². The number of urea groups is 1. The monoisotopic (exact) mass is 347 g/mol. The first kappa shape index (κ1) is 17.3. The van der Waals surface area contributed by atoms with Crippen LogP contribution in [0.5, 0.6) is 0 Å². The number of rotatable bonds is 5. The summed E-state index contributed by atoms with van der Waals surface area (Å²) in [6.07, 6.45) is 1.58. The Kier molecular flexibility index (Phi) is 5.28. The molecule has 25 heavy (non-hydrogen) atoms. The molecule has 7 nitrogen and oxygen atoms in total. The van der Waals surface area contributed by atoms with Crippen LogP contribution in [0.4, 0.5) is 14.9 Å². The summed E-state index contributed by atoms with van der Waals surface area (Å²) < 4.78 is 18.2. The average molecular weight is 347 g/mol. The highest BCUT2D eigenvalue weighted by Gasteiger charge is 2.30. The number of nitrogens with zero attached hydrogens (tertiary/aromatic N) is 3. The van der Waals surface area contributed by atoms with Crippen molar-refractivity contribution in [2.45, 2.75) is 38.8 Å². The van der Waals surface area contributed by atoms with Gasteiger partial charge in [-0.15, -0.1) is 0 Å². The van der Waals surface area contributed by atoms with E-state index in [1.165, 1.54) is 24.3 Å². The van der Waals surface area contributed by atoms with Crippen molar-refractivity contribution >= 4 is 11.7 Å². The van der Waals surface area contributed by atoms with E-state index in [1.807, 2.05) is 13.8 Å². The van der Waals surface area contributed by atoms with Crippen molar-refractivity contribution in [3.63, 3.8) is 0 Å². The Hall–Kier alpha value is -2.48. The lowest BCUT2D eigenvalue weighted by molar-refractivity contribution is 0.204. The minimum absolute atomic E-state index is 0.0137. The third kappa shape index (κ3) is 4.33. The Labute approximate surface area is 145 Å². The van der Waals surface area contributed by atoms with Gasteiger partial charge in [-0.3, -0.25) is 4.90 Å². The van der Waals surface area contributed by atoms with Crippen molar-refractivity contribution < 1.29 is 13.7 Å². The van der Waals surface area contributed by atoms with E-state index >= 15 is 0 Å². The van der Waals surface area contributed by atoms with Crippen LogP contribution in [0.2, 0.25) is 0 Å². The van der Waals surface area contributed by atoms with E-state index in [9.17, 15) is 9.18 Å². The quantitative estimate of drug-likeness (QED) is 0.869. The molecule has 0 aliphatic carbocycles. The minimum Gasteiger partial charge on any atom is -0.338 e. The van der Waals surface area contributed by atoms with Crippen LogP contribution in [0, 0.1) is 5.82 Å². The van der Waals surface area contributed by atoms with Gasteiger partial charge in [-0.2, -0.15) is 4.98 Å². The molecule has 1 fully saturated rings. The van der Waals surface area contributed by atoms with Crippen LogP contribution in [0.15, 0.2) is 28.8 Å². The van der Waals surface area contributed by atoms with Gasteiger partial charge in [0.15, 0.2) is 5.82 Å². The second-order valence-electron chi connectivity index (χ2n) is 6.16. The predicted molar refractivity (Wildman–Crippen MR) is 90.6 cm³/mol. The molecule has 2 N–H and O–H groups in total. The number of aryl methyl sites for hydroxylation is 1. The molecule has 1 saturated heterocycles. The van der Waals surface area contributed by atoms with Crippen LogP contribution in [0.3, 0.4) is 0 Å². The number of amides is 2. The van der Waals surface area contributed by atoms with Gasteiger partial charge in [0.1, 0.15) is 5.82 Å². The molecule has 0 spiro atoms. The third-order valence-electron chi connectivity index (χ3n) is 4.36. The lowest BCUT2D eigenvalue weighted by Gasteiger charge is -2.21. The number of nitrogens with one attached hydrogen (secondary N) is 2. The van der Waals surface area contributed by atoms with E-state index in [2.05, 4.69) is 25.7 Å². The van der Waals surface area contributed by atoms with E-state index in [-0.39, 0.29) is 23.9 Å². The van der Waals surface area contributed by atoms with Crippen LogP contribution in [-0.2, 0) is 6.42 Å². The fourth-order valence-corrected chi connectivity index (χ4v) is 2.88. The molecule has 2 amide bonds. The zero-order valence-corrected chi connectivity index (χ0v) is 14.3. The van der Waals surface area contributed by atoms with Gasteiger partial charge in [-0.05, 0) is 37.6 Å². The normalized spacial score (nSPS) is 18.9. The van der Waals surface area contributed by atoms with Crippen molar-refractivity contribution in [3.8, 4) is 0 Å². The number of carbonyl (C=O) groups is 1. The summed E-state index contributed by atoms with van der Waals surface area (Å²) in [5.41, 5.74) is 0.556. The fourth-order valence-electron chi connectivity index (χ4n) is 2.88. The van der Waals surface area contributed by atoms with Gasteiger partial charge in [0.05, 0.1) is 6.04 Å². The largest absolute Gasteiger partial charge is 0.338 e. The van der Waals surface area contributed by atoms with Crippen molar-refractivity contribution in [2.75, 3.05) is 18.4 Å². The van der Waals surface area contributed by atoms with Crippen molar-refractivity contribution in [1.29, 1.82) is 0 Å². The number of carbonyl (C=O) groups excluding carboxylic acids is 1. The van der Waals surface area contributed by atoms with E-state index in [1.54, 1.807) is 0 Å². The summed E-state index contributed by atoms with van der Waals surface area (Å²) in [6.45, 7) is 5.55. The maximum atomic E-state index is 12.9.